The fourth-order valence-corrected chi connectivity index (χ4v) is 3.03. The minimum absolute atomic E-state index is 0.568. The van der Waals surface area contributed by atoms with Crippen molar-refractivity contribution in [3.63, 3.8) is 0 Å². The molecular formula is C25H24FN. The molecule has 27 heavy (non-hydrogen) atoms. The molecule has 2 aromatic carbocycles. The highest BCUT2D eigenvalue weighted by Gasteiger charge is 2.02. The van der Waals surface area contributed by atoms with E-state index < -0.39 is 6.17 Å². The number of unbranched alkanes of at least 4 members (excludes halogenated alkanes) is 1. The standard InChI is InChI=1S/C25H24FN/c1-3-7-20-10-11-22-17-23(13-12-21(22)16-20)24-14-15-25(27-18-24)9-6-4-5-8-19(2)26/h3,10-19H,1,4-5,7-8H2,2H3. The molecule has 3 aromatic rings. The first-order valence-corrected chi connectivity index (χ1v) is 9.38. The largest absolute Gasteiger partial charge is 0.248 e. The topological polar surface area (TPSA) is 12.9 Å². The van der Waals surface area contributed by atoms with Crippen LogP contribution in [-0.2, 0) is 6.42 Å². The van der Waals surface area contributed by atoms with Gasteiger partial charge in [-0.2, -0.15) is 0 Å². The van der Waals surface area contributed by atoms with Gasteiger partial charge in [-0.3, -0.25) is 0 Å². The van der Waals surface area contributed by atoms with Gasteiger partial charge < -0.3 is 0 Å². The van der Waals surface area contributed by atoms with Crippen LogP contribution in [-0.4, -0.2) is 11.2 Å². The first kappa shape index (κ1) is 18.9. The van der Waals surface area contributed by atoms with Crippen molar-refractivity contribution in [3.8, 4) is 23.0 Å². The molecule has 1 aromatic heterocycles. The number of fused-ring (bicyclic) bond motifs is 1. The van der Waals surface area contributed by atoms with Crippen molar-refractivity contribution in [3.05, 3.63) is 78.6 Å². The van der Waals surface area contributed by atoms with Gasteiger partial charge in [0, 0.05) is 18.2 Å². The molecule has 0 aliphatic rings. The van der Waals surface area contributed by atoms with Crippen molar-refractivity contribution in [2.75, 3.05) is 0 Å². The molecule has 1 nitrogen and oxygen atoms in total. The highest BCUT2D eigenvalue weighted by Crippen LogP contribution is 2.25. The van der Waals surface area contributed by atoms with Crippen molar-refractivity contribution in [2.45, 2.75) is 38.8 Å². The Balaban J connectivity index is 1.72. The molecule has 0 aliphatic carbocycles. The highest BCUT2D eigenvalue weighted by atomic mass is 19.1. The predicted octanol–water partition coefficient (Wildman–Crippen LogP) is 6.51. The van der Waals surface area contributed by atoms with Crippen molar-refractivity contribution in [1.82, 2.24) is 4.98 Å². The average Bonchev–Trinajstić information content (AvgIpc) is 2.68. The Kier molecular flexibility index (Phi) is 6.39. The van der Waals surface area contributed by atoms with E-state index in [0.29, 0.717) is 12.8 Å². The molecule has 0 bridgehead atoms. The zero-order valence-corrected chi connectivity index (χ0v) is 15.7. The molecule has 0 amide bonds. The van der Waals surface area contributed by atoms with Gasteiger partial charge in [0.05, 0.1) is 6.17 Å². The maximum absolute atomic E-state index is 12.7. The number of halogens is 1. The van der Waals surface area contributed by atoms with Crippen LogP contribution in [0.2, 0.25) is 0 Å². The summed E-state index contributed by atoms with van der Waals surface area (Å²) < 4.78 is 12.7. The summed E-state index contributed by atoms with van der Waals surface area (Å²) in [5, 5.41) is 2.45. The van der Waals surface area contributed by atoms with Gasteiger partial charge in [0.25, 0.3) is 0 Å². The monoisotopic (exact) mass is 357 g/mol. The van der Waals surface area contributed by atoms with E-state index in [1.807, 2.05) is 24.4 Å². The molecule has 0 fully saturated rings. The molecule has 0 radical (unpaired) electrons. The van der Waals surface area contributed by atoms with E-state index in [0.717, 1.165) is 29.7 Å². The van der Waals surface area contributed by atoms with Gasteiger partial charge in [0.1, 0.15) is 5.69 Å². The third-order valence-corrected chi connectivity index (χ3v) is 4.50. The number of hydrogen-bond donors (Lipinski definition) is 0. The molecule has 1 unspecified atom stereocenters. The molecule has 0 saturated heterocycles. The van der Waals surface area contributed by atoms with Crippen molar-refractivity contribution in [1.29, 1.82) is 0 Å². The molecule has 3 rings (SSSR count). The van der Waals surface area contributed by atoms with E-state index >= 15 is 0 Å². The highest BCUT2D eigenvalue weighted by molar-refractivity contribution is 5.87. The molecular weight excluding hydrogens is 333 g/mol. The first-order chi connectivity index (χ1) is 13.2. The van der Waals surface area contributed by atoms with Gasteiger partial charge in [-0.1, -0.05) is 48.4 Å². The Morgan fingerprint density at radius 1 is 1.07 bits per heavy atom. The Bertz CT molecular complexity index is 975. The quantitative estimate of drug-likeness (QED) is 0.278. The van der Waals surface area contributed by atoms with E-state index in [1.165, 1.54) is 16.3 Å². The van der Waals surface area contributed by atoms with E-state index in [9.17, 15) is 4.39 Å². The fourth-order valence-electron chi connectivity index (χ4n) is 3.03. The lowest BCUT2D eigenvalue weighted by molar-refractivity contribution is 0.336. The summed E-state index contributed by atoms with van der Waals surface area (Å²) in [5.74, 6) is 6.12. The number of allylic oxidation sites excluding steroid dienone is 1. The van der Waals surface area contributed by atoms with Crippen LogP contribution < -0.4 is 0 Å². The lowest BCUT2D eigenvalue weighted by Crippen LogP contribution is -1.90. The number of hydrogen-bond acceptors (Lipinski definition) is 1. The lowest BCUT2D eigenvalue weighted by Gasteiger charge is -2.06. The number of rotatable bonds is 6. The van der Waals surface area contributed by atoms with Crippen LogP contribution in [0.4, 0.5) is 4.39 Å². The van der Waals surface area contributed by atoms with E-state index in [4.69, 9.17) is 0 Å². The minimum atomic E-state index is -0.750. The Labute approximate surface area is 161 Å². The molecule has 0 saturated carbocycles. The van der Waals surface area contributed by atoms with Crippen LogP contribution in [0.15, 0.2) is 67.4 Å². The summed E-state index contributed by atoms with van der Waals surface area (Å²) >= 11 is 0. The zero-order valence-electron chi connectivity index (χ0n) is 15.7. The van der Waals surface area contributed by atoms with Crippen molar-refractivity contribution < 1.29 is 4.39 Å². The van der Waals surface area contributed by atoms with Gasteiger partial charge in [0.15, 0.2) is 0 Å². The summed E-state index contributed by atoms with van der Waals surface area (Å²) in [5.41, 5.74) is 4.24. The second-order valence-electron chi connectivity index (χ2n) is 6.80. The fraction of sp³-hybridized carbons (Fsp3) is 0.240. The van der Waals surface area contributed by atoms with Gasteiger partial charge in [-0.05, 0) is 66.1 Å². The molecule has 2 heteroatoms. The van der Waals surface area contributed by atoms with Crippen LogP contribution in [0.5, 0.6) is 0 Å². The summed E-state index contributed by atoms with van der Waals surface area (Å²) in [7, 11) is 0. The Hall–Kier alpha value is -2.92. The van der Waals surface area contributed by atoms with Gasteiger partial charge >= 0.3 is 0 Å². The Morgan fingerprint density at radius 3 is 2.59 bits per heavy atom. The van der Waals surface area contributed by atoms with Crippen LogP contribution in [0, 0.1) is 11.8 Å². The second-order valence-corrected chi connectivity index (χ2v) is 6.80. The maximum atomic E-state index is 12.7. The van der Waals surface area contributed by atoms with Gasteiger partial charge in [-0.25, -0.2) is 9.37 Å². The van der Waals surface area contributed by atoms with Gasteiger partial charge in [0.2, 0.25) is 0 Å². The third-order valence-electron chi connectivity index (χ3n) is 4.50. The zero-order chi connectivity index (χ0) is 19.1. The molecule has 1 heterocycles. The van der Waals surface area contributed by atoms with Gasteiger partial charge in [-0.15, -0.1) is 6.58 Å². The second kappa shape index (κ2) is 9.14. The van der Waals surface area contributed by atoms with Crippen molar-refractivity contribution >= 4 is 10.8 Å². The van der Waals surface area contributed by atoms with E-state index in [1.54, 1.807) is 6.92 Å². The van der Waals surface area contributed by atoms with E-state index in [2.05, 4.69) is 59.8 Å². The average molecular weight is 357 g/mol. The number of alkyl halides is 1. The molecule has 0 spiro atoms. The summed E-state index contributed by atoms with van der Waals surface area (Å²) in [6.07, 6.45) is 5.98. The summed E-state index contributed by atoms with van der Waals surface area (Å²) in [6.45, 7) is 5.38. The first-order valence-electron chi connectivity index (χ1n) is 9.38. The predicted molar refractivity (Wildman–Crippen MR) is 112 cm³/mol. The van der Waals surface area contributed by atoms with Crippen LogP contribution in [0.25, 0.3) is 21.9 Å². The molecule has 0 aliphatic heterocycles. The summed E-state index contributed by atoms with van der Waals surface area (Å²) in [4.78, 5) is 4.45. The van der Waals surface area contributed by atoms with Crippen LogP contribution >= 0.6 is 0 Å². The number of aromatic nitrogens is 1. The Morgan fingerprint density at radius 2 is 1.85 bits per heavy atom. The summed E-state index contributed by atoms with van der Waals surface area (Å²) in [6, 6.07) is 17.0. The number of nitrogens with zero attached hydrogens (tertiary/aromatic N) is 1. The molecule has 0 N–H and O–H groups in total. The molecule has 136 valence electrons. The number of pyridine rings is 1. The third kappa shape index (κ3) is 5.28. The van der Waals surface area contributed by atoms with E-state index in [-0.39, 0.29) is 0 Å². The smallest absolute Gasteiger partial charge is 0.113 e. The minimum Gasteiger partial charge on any atom is -0.248 e. The molecule has 1 atom stereocenters. The normalized spacial score (nSPS) is 11.6. The SMILES string of the molecule is C=CCc1ccc2cc(-c3ccc(C#CCCCC(C)F)nc3)ccc2c1. The van der Waals surface area contributed by atoms with Crippen LogP contribution in [0.1, 0.15) is 37.4 Å². The van der Waals surface area contributed by atoms with Crippen molar-refractivity contribution in [2.24, 2.45) is 0 Å². The maximum Gasteiger partial charge on any atom is 0.113 e. The lowest BCUT2D eigenvalue weighted by atomic mass is 10.00. The van der Waals surface area contributed by atoms with Crippen LogP contribution in [0.3, 0.4) is 0 Å². The number of benzene rings is 2.